The number of methoxy groups -OCH3 is 1. The zero-order valence-electron chi connectivity index (χ0n) is 16.3. The summed E-state index contributed by atoms with van der Waals surface area (Å²) < 4.78 is 6.28. The van der Waals surface area contributed by atoms with E-state index >= 15 is 0 Å². The number of amides is 1. The lowest BCUT2D eigenvalue weighted by Gasteiger charge is -2.19. The smallest absolute Gasteiger partial charge is 0.233 e. The van der Waals surface area contributed by atoms with Gasteiger partial charge >= 0.3 is 0 Å². The molecule has 0 spiro atoms. The number of thiazole rings is 1. The Labute approximate surface area is 173 Å². The van der Waals surface area contributed by atoms with Crippen LogP contribution in [0.3, 0.4) is 0 Å². The van der Waals surface area contributed by atoms with Crippen molar-refractivity contribution in [1.82, 2.24) is 9.97 Å². The molecule has 2 aromatic heterocycles. The molecule has 0 aliphatic rings. The number of rotatable bonds is 6. The molecule has 6 heteroatoms. The predicted molar refractivity (Wildman–Crippen MR) is 116 cm³/mol. The standard InChI is InChI=1S/C23H21N3O2S/c1-16-6-5-8-20-22(16)25-23(29-20)26(15-18-7-3-4-13-24-18)21(27)14-17-9-11-19(28-2)12-10-17/h3-13H,14-15H2,1-2H3. The van der Waals surface area contributed by atoms with Crippen LogP contribution < -0.4 is 9.64 Å². The number of benzene rings is 2. The molecule has 2 heterocycles. The Morgan fingerprint density at radius 3 is 2.59 bits per heavy atom. The lowest BCUT2D eigenvalue weighted by molar-refractivity contribution is -0.118. The van der Waals surface area contributed by atoms with E-state index in [1.54, 1.807) is 18.2 Å². The summed E-state index contributed by atoms with van der Waals surface area (Å²) in [5.41, 5.74) is 3.80. The fourth-order valence-electron chi connectivity index (χ4n) is 3.12. The number of pyridine rings is 1. The molecule has 0 unspecified atom stereocenters. The van der Waals surface area contributed by atoms with Crippen molar-refractivity contribution in [3.63, 3.8) is 0 Å². The largest absolute Gasteiger partial charge is 0.497 e. The summed E-state index contributed by atoms with van der Waals surface area (Å²) in [7, 11) is 1.63. The Balaban J connectivity index is 1.66. The number of ether oxygens (including phenoxy) is 1. The van der Waals surface area contributed by atoms with E-state index in [0.29, 0.717) is 11.7 Å². The van der Waals surface area contributed by atoms with Gasteiger partial charge in [0.1, 0.15) is 5.75 Å². The SMILES string of the molecule is COc1ccc(CC(=O)N(Cc2ccccn2)c2nc3c(C)cccc3s2)cc1. The van der Waals surface area contributed by atoms with Crippen molar-refractivity contribution in [2.45, 2.75) is 19.9 Å². The Morgan fingerprint density at radius 2 is 1.90 bits per heavy atom. The van der Waals surface area contributed by atoms with Crippen molar-refractivity contribution < 1.29 is 9.53 Å². The molecule has 4 aromatic rings. The number of hydrogen-bond acceptors (Lipinski definition) is 5. The first-order chi connectivity index (χ1) is 14.1. The van der Waals surface area contributed by atoms with Gasteiger partial charge in [-0.1, -0.05) is 41.7 Å². The summed E-state index contributed by atoms with van der Waals surface area (Å²) in [6.07, 6.45) is 2.02. The van der Waals surface area contributed by atoms with Crippen LogP contribution in [-0.4, -0.2) is 23.0 Å². The third kappa shape index (κ3) is 4.27. The van der Waals surface area contributed by atoms with Crippen molar-refractivity contribution in [3.05, 3.63) is 83.7 Å². The number of fused-ring (bicyclic) bond motifs is 1. The number of carbonyl (C=O) groups is 1. The highest BCUT2D eigenvalue weighted by atomic mass is 32.1. The van der Waals surface area contributed by atoms with Gasteiger partial charge in [-0.05, 0) is 48.4 Å². The zero-order valence-corrected chi connectivity index (χ0v) is 17.1. The molecular weight excluding hydrogens is 382 g/mol. The number of anilines is 1. The Bertz CT molecular complexity index is 1120. The molecule has 0 fully saturated rings. The second-order valence-corrected chi connectivity index (χ2v) is 7.75. The van der Waals surface area contributed by atoms with Gasteiger partial charge in [0.2, 0.25) is 5.91 Å². The van der Waals surface area contributed by atoms with Crippen LogP contribution in [0, 0.1) is 6.92 Å². The molecular formula is C23H21N3O2S. The first-order valence-electron chi connectivity index (χ1n) is 9.33. The van der Waals surface area contributed by atoms with Crippen LogP contribution in [0.2, 0.25) is 0 Å². The van der Waals surface area contributed by atoms with Crippen molar-refractivity contribution >= 4 is 32.6 Å². The van der Waals surface area contributed by atoms with Crippen LogP contribution >= 0.6 is 11.3 Å². The van der Waals surface area contributed by atoms with Crippen LogP contribution in [0.15, 0.2) is 66.9 Å². The molecule has 0 bridgehead atoms. The van der Waals surface area contributed by atoms with E-state index < -0.39 is 0 Å². The molecule has 2 aromatic carbocycles. The third-order valence-corrected chi connectivity index (χ3v) is 5.75. The molecule has 0 aliphatic carbocycles. The van der Waals surface area contributed by atoms with E-state index in [1.807, 2.05) is 67.6 Å². The van der Waals surface area contributed by atoms with Crippen LogP contribution in [0.5, 0.6) is 5.75 Å². The predicted octanol–water partition coefficient (Wildman–Crippen LogP) is 4.78. The van der Waals surface area contributed by atoms with Gasteiger partial charge in [0.15, 0.2) is 5.13 Å². The Hall–Kier alpha value is -3.25. The van der Waals surface area contributed by atoms with E-state index in [-0.39, 0.29) is 12.3 Å². The van der Waals surface area contributed by atoms with Crippen LogP contribution in [0.1, 0.15) is 16.8 Å². The average molecular weight is 404 g/mol. The van der Waals surface area contributed by atoms with Crippen molar-refractivity contribution in [2.75, 3.05) is 12.0 Å². The lowest BCUT2D eigenvalue weighted by Crippen LogP contribution is -2.32. The number of aromatic nitrogens is 2. The molecule has 146 valence electrons. The number of para-hydroxylation sites is 1. The molecule has 4 rings (SSSR count). The van der Waals surface area contributed by atoms with Gasteiger partial charge < -0.3 is 4.74 Å². The quantitative estimate of drug-likeness (QED) is 0.465. The molecule has 5 nitrogen and oxygen atoms in total. The van der Waals surface area contributed by atoms with E-state index in [9.17, 15) is 4.79 Å². The van der Waals surface area contributed by atoms with Gasteiger partial charge in [-0.15, -0.1) is 0 Å². The molecule has 1 amide bonds. The van der Waals surface area contributed by atoms with Gasteiger partial charge in [0.25, 0.3) is 0 Å². The molecule has 0 atom stereocenters. The maximum Gasteiger partial charge on any atom is 0.233 e. The van der Waals surface area contributed by atoms with Crippen molar-refractivity contribution in [2.24, 2.45) is 0 Å². The fraction of sp³-hybridized carbons (Fsp3) is 0.174. The normalized spacial score (nSPS) is 10.8. The summed E-state index contributed by atoms with van der Waals surface area (Å²) >= 11 is 1.53. The van der Waals surface area contributed by atoms with Gasteiger partial charge in [0.05, 0.1) is 36.0 Å². The van der Waals surface area contributed by atoms with Crippen LogP contribution in [-0.2, 0) is 17.8 Å². The fourth-order valence-corrected chi connectivity index (χ4v) is 4.18. The molecule has 0 radical (unpaired) electrons. The topological polar surface area (TPSA) is 55.3 Å². The minimum absolute atomic E-state index is 0.0162. The van der Waals surface area contributed by atoms with Crippen molar-refractivity contribution in [1.29, 1.82) is 0 Å². The maximum absolute atomic E-state index is 13.3. The second kappa shape index (κ2) is 8.41. The highest BCUT2D eigenvalue weighted by Gasteiger charge is 2.21. The highest BCUT2D eigenvalue weighted by Crippen LogP contribution is 2.31. The number of aryl methyl sites for hydroxylation is 1. The van der Waals surface area contributed by atoms with Gasteiger partial charge in [-0.3, -0.25) is 14.7 Å². The summed E-state index contributed by atoms with van der Waals surface area (Å²) in [6, 6.07) is 19.4. The number of nitrogens with zero attached hydrogens (tertiary/aromatic N) is 3. The third-order valence-electron chi connectivity index (χ3n) is 4.70. The first-order valence-corrected chi connectivity index (χ1v) is 10.1. The lowest BCUT2D eigenvalue weighted by atomic mass is 10.1. The van der Waals surface area contributed by atoms with E-state index in [2.05, 4.69) is 4.98 Å². The summed E-state index contributed by atoms with van der Waals surface area (Å²) in [4.78, 5) is 24.2. The average Bonchev–Trinajstić information content (AvgIpc) is 3.18. The minimum atomic E-state index is -0.0162. The molecule has 29 heavy (non-hydrogen) atoms. The summed E-state index contributed by atoms with van der Waals surface area (Å²) in [6.45, 7) is 2.42. The van der Waals surface area contributed by atoms with Gasteiger partial charge in [0, 0.05) is 6.20 Å². The second-order valence-electron chi connectivity index (χ2n) is 6.74. The zero-order chi connectivity index (χ0) is 20.2. The van der Waals surface area contributed by atoms with Crippen LogP contribution in [0.25, 0.3) is 10.2 Å². The maximum atomic E-state index is 13.3. The summed E-state index contributed by atoms with van der Waals surface area (Å²) in [5, 5.41) is 0.693. The number of carbonyl (C=O) groups excluding carboxylic acids is 1. The van der Waals surface area contributed by atoms with E-state index in [4.69, 9.17) is 9.72 Å². The molecule has 0 saturated heterocycles. The van der Waals surface area contributed by atoms with Crippen LogP contribution in [0.4, 0.5) is 5.13 Å². The van der Waals surface area contributed by atoms with Crippen molar-refractivity contribution in [3.8, 4) is 5.75 Å². The first kappa shape index (κ1) is 19.1. The summed E-state index contributed by atoms with van der Waals surface area (Å²) in [5.74, 6) is 0.755. The Morgan fingerprint density at radius 1 is 1.07 bits per heavy atom. The number of hydrogen-bond donors (Lipinski definition) is 0. The minimum Gasteiger partial charge on any atom is -0.497 e. The highest BCUT2D eigenvalue weighted by molar-refractivity contribution is 7.22. The monoisotopic (exact) mass is 403 g/mol. The van der Waals surface area contributed by atoms with E-state index in [1.165, 1.54) is 11.3 Å². The van der Waals surface area contributed by atoms with E-state index in [0.717, 1.165) is 32.8 Å². The molecule has 0 aliphatic heterocycles. The molecule has 0 saturated carbocycles. The van der Waals surface area contributed by atoms with Gasteiger partial charge in [-0.25, -0.2) is 4.98 Å². The Kier molecular flexibility index (Phi) is 5.53. The molecule has 0 N–H and O–H groups in total. The van der Waals surface area contributed by atoms with Gasteiger partial charge in [-0.2, -0.15) is 0 Å².